The minimum atomic E-state index is -0.392. The Morgan fingerprint density at radius 3 is 2.25 bits per heavy atom. The molecule has 0 saturated heterocycles. The molecule has 0 atom stereocenters. The maximum absolute atomic E-state index is 11.4. The maximum Gasteiger partial charge on any atom is 0.337 e. The Hall–Kier alpha value is -2.93. The first-order chi connectivity index (χ1) is 11.5. The van der Waals surface area contributed by atoms with Gasteiger partial charge < -0.3 is 15.2 Å². The summed E-state index contributed by atoms with van der Waals surface area (Å²) in [7, 11) is 1.34. The number of carbonyl (C=O) groups is 1. The molecule has 124 valence electrons. The SMILES string of the molecule is COC(=O)c1ccc(NC(=S)N/N=C(\C)c2ccc(O)cc2)cc1. The van der Waals surface area contributed by atoms with E-state index in [-0.39, 0.29) is 5.75 Å². The molecule has 24 heavy (non-hydrogen) atoms. The van der Waals surface area contributed by atoms with E-state index in [1.165, 1.54) is 7.11 Å². The van der Waals surface area contributed by atoms with Crippen LogP contribution in [0.2, 0.25) is 0 Å². The number of esters is 1. The second-order valence-corrected chi connectivity index (χ2v) is 5.29. The average molecular weight is 343 g/mol. The summed E-state index contributed by atoms with van der Waals surface area (Å²) < 4.78 is 4.64. The molecule has 0 saturated carbocycles. The van der Waals surface area contributed by atoms with E-state index in [9.17, 15) is 9.90 Å². The largest absolute Gasteiger partial charge is 0.508 e. The van der Waals surface area contributed by atoms with Crippen LogP contribution in [0, 0.1) is 0 Å². The van der Waals surface area contributed by atoms with Gasteiger partial charge >= 0.3 is 5.97 Å². The van der Waals surface area contributed by atoms with E-state index in [0.717, 1.165) is 17.0 Å². The number of hydrazone groups is 1. The molecule has 0 heterocycles. The zero-order valence-corrected chi connectivity index (χ0v) is 14.1. The van der Waals surface area contributed by atoms with Crippen molar-refractivity contribution in [1.82, 2.24) is 5.43 Å². The van der Waals surface area contributed by atoms with Crippen molar-refractivity contribution < 1.29 is 14.6 Å². The smallest absolute Gasteiger partial charge is 0.337 e. The second kappa shape index (κ2) is 8.07. The molecule has 3 N–H and O–H groups in total. The molecule has 2 rings (SSSR count). The summed E-state index contributed by atoms with van der Waals surface area (Å²) >= 11 is 5.17. The van der Waals surface area contributed by atoms with E-state index in [1.54, 1.807) is 48.5 Å². The molecule has 0 aliphatic rings. The summed E-state index contributed by atoms with van der Waals surface area (Å²) in [5.41, 5.74) is 5.52. The van der Waals surface area contributed by atoms with E-state index < -0.39 is 5.97 Å². The molecule has 0 radical (unpaired) electrons. The highest BCUT2D eigenvalue weighted by atomic mass is 32.1. The molecular formula is C17H17N3O3S. The predicted octanol–water partition coefficient (Wildman–Crippen LogP) is 2.89. The average Bonchev–Trinajstić information content (AvgIpc) is 2.60. The molecular weight excluding hydrogens is 326 g/mol. The summed E-state index contributed by atoms with van der Waals surface area (Å²) in [6, 6.07) is 13.4. The number of carbonyl (C=O) groups excluding carboxylic acids is 1. The molecule has 0 aliphatic heterocycles. The van der Waals surface area contributed by atoms with Gasteiger partial charge in [-0.15, -0.1) is 0 Å². The van der Waals surface area contributed by atoms with Gasteiger partial charge in [-0.25, -0.2) is 4.79 Å². The van der Waals surface area contributed by atoms with E-state index >= 15 is 0 Å². The number of rotatable bonds is 4. The van der Waals surface area contributed by atoms with Gasteiger partial charge in [-0.05, 0) is 73.2 Å². The van der Waals surface area contributed by atoms with Crippen LogP contribution in [-0.2, 0) is 4.74 Å². The number of methoxy groups -OCH3 is 1. The van der Waals surface area contributed by atoms with Crippen LogP contribution in [0.4, 0.5) is 5.69 Å². The number of ether oxygens (including phenoxy) is 1. The number of hydrogen-bond acceptors (Lipinski definition) is 5. The molecule has 0 aromatic heterocycles. The van der Waals surface area contributed by atoms with Crippen molar-refractivity contribution in [3.63, 3.8) is 0 Å². The molecule has 0 aliphatic carbocycles. The molecule has 2 aromatic carbocycles. The first kappa shape index (κ1) is 17.4. The van der Waals surface area contributed by atoms with Crippen molar-refractivity contribution in [3.05, 3.63) is 59.7 Å². The Morgan fingerprint density at radius 2 is 1.67 bits per heavy atom. The van der Waals surface area contributed by atoms with Crippen molar-refractivity contribution >= 4 is 34.7 Å². The quantitative estimate of drug-likeness (QED) is 0.343. The Morgan fingerprint density at radius 1 is 1.08 bits per heavy atom. The van der Waals surface area contributed by atoms with Gasteiger partial charge in [0.2, 0.25) is 0 Å². The standard InChI is InChI=1S/C17H17N3O3S/c1-11(12-5-9-15(21)10-6-12)19-20-17(24)18-14-7-3-13(4-8-14)16(22)23-2/h3-10,21H,1-2H3,(H2,18,20,24)/b19-11+. The van der Waals surface area contributed by atoms with Crippen LogP contribution in [0.25, 0.3) is 0 Å². The fraction of sp³-hybridized carbons (Fsp3) is 0.118. The Bertz CT molecular complexity index is 756. The second-order valence-electron chi connectivity index (χ2n) is 4.88. The number of anilines is 1. The fourth-order valence-electron chi connectivity index (χ4n) is 1.87. The van der Waals surface area contributed by atoms with Crippen molar-refractivity contribution in [2.75, 3.05) is 12.4 Å². The monoisotopic (exact) mass is 343 g/mol. The summed E-state index contributed by atoms with van der Waals surface area (Å²) in [5.74, 6) is -0.191. The molecule has 0 amide bonds. The van der Waals surface area contributed by atoms with Crippen LogP contribution in [0.5, 0.6) is 5.75 Å². The van der Waals surface area contributed by atoms with Crippen LogP contribution < -0.4 is 10.7 Å². The lowest BCUT2D eigenvalue weighted by Gasteiger charge is -2.08. The third-order valence-corrected chi connectivity index (χ3v) is 3.37. The number of phenolic OH excluding ortho intramolecular Hbond substituents is 1. The molecule has 0 spiro atoms. The topological polar surface area (TPSA) is 83.0 Å². The molecule has 2 aromatic rings. The summed E-state index contributed by atoms with van der Waals surface area (Å²) in [4.78, 5) is 11.4. The lowest BCUT2D eigenvalue weighted by Crippen LogP contribution is -2.25. The summed E-state index contributed by atoms with van der Waals surface area (Å²) in [5, 5.41) is 16.7. The van der Waals surface area contributed by atoms with Gasteiger partial charge in [-0.3, -0.25) is 5.43 Å². The molecule has 0 bridgehead atoms. The molecule has 7 heteroatoms. The number of thiocarbonyl (C=S) groups is 1. The van der Waals surface area contributed by atoms with Gasteiger partial charge in [0.05, 0.1) is 18.4 Å². The van der Waals surface area contributed by atoms with Gasteiger partial charge in [-0.1, -0.05) is 0 Å². The van der Waals surface area contributed by atoms with Gasteiger partial charge in [0, 0.05) is 5.69 Å². The lowest BCUT2D eigenvalue weighted by atomic mass is 10.1. The van der Waals surface area contributed by atoms with E-state index in [0.29, 0.717) is 10.7 Å². The lowest BCUT2D eigenvalue weighted by molar-refractivity contribution is 0.0601. The minimum Gasteiger partial charge on any atom is -0.508 e. The summed E-state index contributed by atoms with van der Waals surface area (Å²) in [6.07, 6.45) is 0. The fourth-order valence-corrected chi connectivity index (χ4v) is 2.03. The van der Waals surface area contributed by atoms with Crippen molar-refractivity contribution in [2.45, 2.75) is 6.92 Å². The van der Waals surface area contributed by atoms with Gasteiger partial charge in [0.1, 0.15) is 5.75 Å². The van der Waals surface area contributed by atoms with Crippen LogP contribution in [0.15, 0.2) is 53.6 Å². The number of nitrogens with one attached hydrogen (secondary N) is 2. The Kier molecular flexibility index (Phi) is 5.86. The number of aromatic hydroxyl groups is 1. The predicted molar refractivity (Wildman–Crippen MR) is 97.5 cm³/mol. The Balaban J connectivity index is 1.94. The first-order valence-electron chi connectivity index (χ1n) is 7.08. The van der Waals surface area contributed by atoms with Crippen molar-refractivity contribution in [2.24, 2.45) is 5.10 Å². The normalized spacial score (nSPS) is 10.8. The molecule has 0 unspecified atom stereocenters. The van der Waals surface area contributed by atoms with Crippen molar-refractivity contribution in [3.8, 4) is 5.75 Å². The number of nitrogens with zero attached hydrogens (tertiary/aromatic N) is 1. The highest BCUT2D eigenvalue weighted by Crippen LogP contribution is 2.11. The van der Waals surface area contributed by atoms with E-state index in [4.69, 9.17) is 12.2 Å². The van der Waals surface area contributed by atoms with Crippen LogP contribution in [-0.4, -0.2) is 29.0 Å². The molecule has 6 nitrogen and oxygen atoms in total. The van der Waals surface area contributed by atoms with Gasteiger partial charge in [-0.2, -0.15) is 5.10 Å². The van der Waals surface area contributed by atoms with Crippen LogP contribution in [0.3, 0.4) is 0 Å². The zero-order chi connectivity index (χ0) is 17.5. The van der Waals surface area contributed by atoms with Crippen molar-refractivity contribution in [1.29, 1.82) is 0 Å². The molecule has 0 fully saturated rings. The zero-order valence-electron chi connectivity index (χ0n) is 13.2. The minimum absolute atomic E-state index is 0.201. The highest BCUT2D eigenvalue weighted by Gasteiger charge is 2.05. The highest BCUT2D eigenvalue weighted by molar-refractivity contribution is 7.80. The maximum atomic E-state index is 11.4. The number of benzene rings is 2. The van der Waals surface area contributed by atoms with Crippen LogP contribution >= 0.6 is 12.2 Å². The van der Waals surface area contributed by atoms with E-state index in [2.05, 4.69) is 20.6 Å². The van der Waals surface area contributed by atoms with Crippen LogP contribution in [0.1, 0.15) is 22.8 Å². The van der Waals surface area contributed by atoms with Gasteiger partial charge in [0.15, 0.2) is 5.11 Å². The number of phenols is 1. The van der Waals surface area contributed by atoms with E-state index in [1.807, 2.05) is 6.92 Å². The number of hydrogen-bond donors (Lipinski definition) is 3. The third kappa shape index (κ3) is 4.79. The Labute approximate surface area is 145 Å². The van der Waals surface area contributed by atoms with Gasteiger partial charge in [0.25, 0.3) is 0 Å². The third-order valence-electron chi connectivity index (χ3n) is 3.17. The first-order valence-corrected chi connectivity index (χ1v) is 7.49. The summed E-state index contributed by atoms with van der Waals surface area (Å²) in [6.45, 7) is 1.83.